The molecule has 1 aliphatic rings. The minimum atomic E-state index is -0.886. The second-order valence-electron chi connectivity index (χ2n) is 7.14. The van der Waals surface area contributed by atoms with Crippen molar-refractivity contribution in [2.45, 2.75) is 32.5 Å². The van der Waals surface area contributed by atoms with Crippen LogP contribution in [0.2, 0.25) is 0 Å². The Balaban J connectivity index is 1.66. The molecule has 1 heterocycles. The van der Waals surface area contributed by atoms with Gasteiger partial charge in [-0.15, -0.1) is 0 Å². The summed E-state index contributed by atoms with van der Waals surface area (Å²) < 4.78 is 10.4. The number of methoxy groups -OCH3 is 2. The van der Waals surface area contributed by atoms with Crippen LogP contribution < -0.4 is 25.0 Å². The second kappa shape index (κ2) is 8.86. The number of benzene rings is 2. The van der Waals surface area contributed by atoms with Crippen LogP contribution in [0.5, 0.6) is 11.5 Å². The normalized spacial score (nSPS) is 15.0. The number of hydrogen-bond acceptors (Lipinski definition) is 5. The molecule has 2 aromatic carbocycles. The van der Waals surface area contributed by atoms with Crippen molar-refractivity contribution in [1.29, 1.82) is 0 Å². The van der Waals surface area contributed by atoms with Gasteiger partial charge in [-0.3, -0.25) is 14.4 Å². The highest BCUT2D eigenvalue weighted by Crippen LogP contribution is 2.36. The van der Waals surface area contributed by atoms with Crippen LogP contribution in [0.1, 0.15) is 31.0 Å². The molecule has 0 saturated carbocycles. The van der Waals surface area contributed by atoms with Crippen LogP contribution in [0.25, 0.3) is 0 Å². The van der Waals surface area contributed by atoms with E-state index in [0.29, 0.717) is 17.1 Å². The summed E-state index contributed by atoms with van der Waals surface area (Å²) in [4.78, 5) is 39.2. The first-order valence-electron chi connectivity index (χ1n) is 9.59. The number of amides is 3. The van der Waals surface area contributed by atoms with Gasteiger partial charge in [-0.1, -0.05) is 24.3 Å². The maximum atomic E-state index is 12.8. The molecule has 0 bridgehead atoms. The third-order valence-corrected chi connectivity index (χ3v) is 4.89. The van der Waals surface area contributed by atoms with Crippen molar-refractivity contribution in [3.8, 4) is 11.5 Å². The first kappa shape index (κ1) is 21.2. The topological polar surface area (TPSA) is 97.0 Å². The highest BCUT2D eigenvalue weighted by molar-refractivity contribution is 6.35. The third kappa shape index (κ3) is 4.07. The fraction of sp³-hybridized carbons (Fsp3) is 0.318. The molecule has 30 heavy (non-hydrogen) atoms. The smallest absolute Gasteiger partial charge is 0.310 e. The van der Waals surface area contributed by atoms with E-state index < -0.39 is 17.9 Å². The zero-order valence-electron chi connectivity index (χ0n) is 17.4. The van der Waals surface area contributed by atoms with E-state index >= 15 is 0 Å². The van der Waals surface area contributed by atoms with E-state index in [2.05, 4.69) is 10.6 Å². The number of carbonyl (C=O) groups is 3. The number of rotatable bonds is 6. The van der Waals surface area contributed by atoms with E-state index in [1.165, 1.54) is 14.2 Å². The molecular formula is C22H25N3O5. The van der Waals surface area contributed by atoms with Crippen LogP contribution in [-0.4, -0.2) is 38.0 Å². The molecule has 0 unspecified atom stereocenters. The zero-order chi connectivity index (χ0) is 21.8. The van der Waals surface area contributed by atoms with Gasteiger partial charge in [0.25, 0.3) is 5.91 Å². The fourth-order valence-electron chi connectivity index (χ4n) is 3.46. The van der Waals surface area contributed by atoms with Gasteiger partial charge in [0.15, 0.2) is 11.5 Å². The minimum absolute atomic E-state index is 0.0700. The van der Waals surface area contributed by atoms with Crippen molar-refractivity contribution in [3.05, 3.63) is 53.6 Å². The van der Waals surface area contributed by atoms with Crippen molar-refractivity contribution in [3.63, 3.8) is 0 Å². The molecule has 2 N–H and O–H groups in total. The van der Waals surface area contributed by atoms with Gasteiger partial charge in [0.2, 0.25) is 0 Å². The Labute approximate surface area is 175 Å². The number of fused-ring (bicyclic) bond motifs is 1. The molecule has 3 rings (SSSR count). The number of anilines is 1. The molecule has 158 valence electrons. The van der Waals surface area contributed by atoms with E-state index in [1.54, 1.807) is 35.2 Å². The van der Waals surface area contributed by atoms with E-state index in [1.807, 2.05) is 26.0 Å². The highest BCUT2D eigenvalue weighted by atomic mass is 16.5. The van der Waals surface area contributed by atoms with Crippen LogP contribution in [0, 0.1) is 0 Å². The average molecular weight is 411 g/mol. The van der Waals surface area contributed by atoms with Crippen LogP contribution in [0.3, 0.4) is 0 Å². The van der Waals surface area contributed by atoms with Crippen LogP contribution in [0.4, 0.5) is 5.69 Å². The highest BCUT2D eigenvalue weighted by Gasteiger charge is 2.39. The average Bonchev–Trinajstić information content (AvgIpc) is 3.03. The van der Waals surface area contributed by atoms with Crippen molar-refractivity contribution in [2.24, 2.45) is 0 Å². The maximum Gasteiger partial charge on any atom is 0.310 e. The van der Waals surface area contributed by atoms with Gasteiger partial charge in [-0.25, -0.2) is 0 Å². The van der Waals surface area contributed by atoms with Gasteiger partial charge >= 0.3 is 11.8 Å². The van der Waals surface area contributed by atoms with E-state index in [-0.39, 0.29) is 18.5 Å². The maximum absolute atomic E-state index is 12.8. The summed E-state index contributed by atoms with van der Waals surface area (Å²) in [5.41, 5.74) is 2.16. The molecule has 1 atom stereocenters. The molecule has 2 aromatic rings. The summed E-state index contributed by atoms with van der Waals surface area (Å²) in [6.45, 7) is 3.92. The Hall–Kier alpha value is -3.55. The molecule has 8 nitrogen and oxygen atoms in total. The standard InChI is InChI=1S/C22H25N3O5/c1-13(2)25-16-8-6-5-7-15(16)19(22(25)28)24-21(27)20(26)23-12-14-9-10-17(29-3)18(11-14)30-4/h5-11,13,19H,12H2,1-4H3,(H,23,26)(H,24,27)/t19-/m1/s1. The number of hydrogen-bond donors (Lipinski definition) is 2. The Kier molecular flexibility index (Phi) is 6.25. The van der Waals surface area contributed by atoms with Crippen molar-refractivity contribution < 1.29 is 23.9 Å². The molecule has 0 fully saturated rings. The van der Waals surface area contributed by atoms with E-state index in [9.17, 15) is 14.4 Å². The Bertz CT molecular complexity index is 973. The summed E-state index contributed by atoms with van der Waals surface area (Å²) in [6.07, 6.45) is 0. The van der Waals surface area contributed by atoms with Crippen LogP contribution in [0.15, 0.2) is 42.5 Å². The van der Waals surface area contributed by atoms with Gasteiger partial charge in [-0.05, 0) is 37.6 Å². The lowest BCUT2D eigenvalue weighted by Crippen LogP contribution is -2.45. The lowest BCUT2D eigenvalue weighted by molar-refractivity contribution is -0.140. The predicted octanol–water partition coefficient (Wildman–Crippen LogP) is 1.93. The Morgan fingerprint density at radius 2 is 1.73 bits per heavy atom. The molecule has 0 aromatic heterocycles. The lowest BCUT2D eigenvalue weighted by Gasteiger charge is -2.22. The zero-order valence-corrected chi connectivity index (χ0v) is 17.4. The summed E-state index contributed by atoms with van der Waals surface area (Å²) >= 11 is 0. The van der Waals surface area contributed by atoms with E-state index in [0.717, 1.165) is 11.3 Å². The minimum Gasteiger partial charge on any atom is -0.493 e. The summed E-state index contributed by atoms with van der Waals surface area (Å²) in [5.74, 6) is -0.853. The fourth-order valence-corrected chi connectivity index (χ4v) is 3.46. The summed E-state index contributed by atoms with van der Waals surface area (Å²) in [5, 5.41) is 5.12. The van der Waals surface area contributed by atoms with Gasteiger partial charge in [-0.2, -0.15) is 0 Å². The summed E-state index contributed by atoms with van der Waals surface area (Å²) in [7, 11) is 3.05. The molecular weight excluding hydrogens is 386 g/mol. The van der Waals surface area contributed by atoms with E-state index in [4.69, 9.17) is 9.47 Å². The number of nitrogens with zero attached hydrogens (tertiary/aromatic N) is 1. The van der Waals surface area contributed by atoms with Crippen LogP contribution in [-0.2, 0) is 20.9 Å². The van der Waals surface area contributed by atoms with Gasteiger partial charge in [0, 0.05) is 23.8 Å². The molecule has 0 spiro atoms. The monoisotopic (exact) mass is 411 g/mol. The first-order chi connectivity index (χ1) is 14.4. The van der Waals surface area contributed by atoms with Crippen molar-refractivity contribution >= 4 is 23.4 Å². The lowest BCUT2D eigenvalue weighted by atomic mass is 10.1. The summed E-state index contributed by atoms with van der Waals surface area (Å²) in [6, 6.07) is 11.5. The number of ether oxygens (including phenoxy) is 2. The predicted molar refractivity (Wildman–Crippen MR) is 111 cm³/mol. The number of para-hydroxylation sites is 1. The third-order valence-electron chi connectivity index (χ3n) is 4.89. The van der Waals surface area contributed by atoms with Gasteiger partial charge in [0.1, 0.15) is 6.04 Å². The molecule has 8 heteroatoms. The quantitative estimate of drug-likeness (QED) is 0.708. The molecule has 0 saturated heterocycles. The molecule has 0 radical (unpaired) electrons. The SMILES string of the molecule is COc1ccc(CNC(=O)C(=O)N[C@H]2C(=O)N(C(C)C)c3ccccc32)cc1OC. The number of nitrogens with one attached hydrogen (secondary N) is 2. The van der Waals surface area contributed by atoms with Gasteiger partial charge < -0.3 is 25.0 Å². The van der Waals surface area contributed by atoms with Crippen LogP contribution >= 0.6 is 0 Å². The molecule has 1 aliphatic heterocycles. The largest absolute Gasteiger partial charge is 0.493 e. The molecule has 3 amide bonds. The van der Waals surface area contributed by atoms with Crippen molar-refractivity contribution in [2.75, 3.05) is 19.1 Å². The Morgan fingerprint density at radius 1 is 1.03 bits per heavy atom. The first-order valence-corrected chi connectivity index (χ1v) is 9.59. The van der Waals surface area contributed by atoms with Crippen molar-refractivity contribution in [1.82, 2.24) is 10.6 Å². The Morgan fingerprint density at radius 3 is 2.40 bits per heavy atom. The molecule has 0 aliphatic carbocycles. The van der Waals surface area contributed by atoms with Gasteiger partial charge in [0.05, 0.1) is 14.2 Å². The second-order valence-corrected chi connectivity index (χ2v) is 7.14. The number of carbonyl (C=O) groups excluding carboxylic acids is 3.